The zero-order chi connectivity index (χ0) is 36.8. The van der Waals surface area contributed by atoms with E-state index in [1.807, 2.05) is 73.0 Å². The Morgan fingerprint density at radius 1 is 1.15 bits per heavy atom. The second-order valence-corrected chi connectivity index (χ2v) is 13.4. The Morgan fingerprint density at radius 3 is 2.62 bits per heavy atom. The highest BCUT2D eigenvalue weighted by atomic mass is 16.5. The third-order valence-corrected chi connectivity index (χ3v) is 9.54. The van der Waals surface area contributed by atoms with Crippen LogP contribution in [0.25, 0.3) is 33.4 Å². The van der Waals surface area contributed by atoms with Gasteiger partial charge in [-0.3, -0.25) is 19.6 Å². The van der Waals surface area contributed by atoms with Crippen LogP contribution in [0.2, 0.25) is 0 Å². The van der Waals surface area contributed by atoms with Gasteiger partial charge < -0.3 is 24.7 Å². The van der Waals surface area contributed by atoms with Gasteiger partial charge in [-0.1, -0.05) is 36.9 Å². The average Bonchev–Trinajstić information content (AvgIpc) is 3.78. The highest BCUT2D eigenvalue weighted by molar-refractivity contribution is 6.01. The number of methoxy groups -OCH3 is 1. The molecule has 4 aromatic rings. The summed E-state index contributed by atoms with van der Waals surface area (Å²) in [7, 11) is 1.55. The third-order valence-electron chi connectivity index (χ3n) is 9.54. The van der Waals surface area contributed by atoms with Gasteiger partial charge in [0, 0.05) is 68.7 Å². The Bertz CT molecular complexity index is 1970. The number of hydrogen-bond donors (Lipinski definition) is 3. The number of aromatic amines is 1. The maximum atomic E-state index is 13.7. The van der Waals surface area contributed by atoms with Gasteiger partial charge in [0.05, 0.1) is 23.9 Å². The first kappa shape index (κ1) is 36.4. The van der Waals surface area contributed by atoms with Crippen molar-refractivity contribution >= 4 is 46.0 Å². The van der Waals surface area contributed by atoms with E-state index in [1.165, 1.54) is 10.6 Å². The van der Waals surface area contributed by atoms with Gasteiger partial charge in [-0.05, 0) is 74.6 Å². The fourth-order valence-electron chi connectivity index (χ4n) is 6.45. The number of ether oxygens (including phenoxy) is 2. The van der Waals surface area contributed by atoms with Gasteiger partial charge in [0.15, 0.2) is 5.60 Å². The van der Waals surface area contributed by atoms with E-state index in [1.54, 1.807) is 19.6 Å². The van der Waals surface area contributed by atoms with Gasteiger partial charge >= 0.3 is 0 Å². The quantitative estimate of drug-likeness (QED) is 0.0759. The molecule has 13 heteroatoms. The molecule has 4 N–H and O–H groups in total. The maximum Gasteiger partial charge on any atom is 0.258 e. The summed E-state index contributed by atoms with van der Waals surface area (Å²) in [5.74, 6) is 6.10. The predicted molar refractivity (Wildman–Crippen MR) is 204 cm³/mol. The van der Waals surface area contributed by atoms with Crippen LogP contribution in [0, 0.1) is 0 Å². The van der Waals surface area contributed by atoms with E-state index in [4.69, 9.17) is 15.3 Å². The third kappa shape index (κ3) is 8.23. The van der Waals surface area contributed by atoms with Gasteiger partial charge in [0.1, 0.15) is 12.0 Å². The minimum absolute atomic E-state index is 0.0264. The van der Waals surface area contributed by atoms with Crippen LogP contribution in [-0.2, 0) is 14.3 Å². The first-order valence-corrected chi connectivity index (χ1v) is 17.6. The van der Waals surface area contributed by atoms with E-state index in [0.717, 1.165) is 39.7 Å². The number of nitrogens with zero attached hydrogens (tertiary/aromatic N) is 6. The molecule has 0 aliphatic carbocycles. The summed E-state index contributed by atoms with van der Waals surface area (Å²) >= 11 is 0. The molecule has 2 amide bonds. The number of nitrogens with two attached hydrogens (primary N) is 1. The molecular formula is C39H47N9O4. The van der Waals surface area contributed by atoms with E-state index in [9.17, 15) is 9.59 Å². The van der Waals surface area contributed by atoms with Gasteiger partial charge in [0.2, 0.25) is 11.8 Å². The largest absolute Gasteiger partial charge is 0.475 e. The lowest BCUT2D eigenvalue weighted by molar-refractivity contribution is -0.138. The van der Waals surface area contributed by atoms with Crippen LogP contribution in [0.3, 0.4) is 0 Å². The number of carbonyl (C=O) groups is 2. The number of nitrogens with one attached hydrogen (secondary N) is 2. The molecule has 1 saturated heterocycles. The van der Waals surface area contributed by atoms with Crippen molar-refractivity contribution in [3.63, 3.8) is 0 Å². The Kier molecular flexibility index (Phi) is 11.1. The van der Waals surface area contributed by atoms with Crippen molar-refractivity contribution < 1.29 is 19.1 Å². The molecule has 1 atom stereocenters. The summed E-state index contributed by atoms with van der Waals surface area (Å²) in [5, 5.41) is 13.0. The highest BCUT2D eigenvalue weighted by Crippen LogP contribution is 2.32. The molecule has 2 aliphatic rings. The lowest BCUT2D eigenvalue weighted by Gasteiger charge is -2.30. The molecule has 2 aromatic heterocycles. The topological polar surface area (TPSA) is 154 Å². The molecule has 0 unspecified atom stereocenters. The summed E-state index contributed by atoms with van der Waals surface area (Å²) in [6, 6.07) is 17.5. The second kappa shape index (κ2) is 15.9. The molecule has 272 valence electrons. The van der Waals surface area contributed by atoms with Gasteiger partial charge in [-0.25, -0.2) is 15.8 Å². The van der Waals surface area contributed by atoms with Crippen LogP contribution >= 0.6 is 0 Å². The fraction of sp³-hybridized carbons (Fsp3) is 0.359. The lowest BCUT2D eigenvalue weighted by Crippen LogP contribution is -2.48. The summed E-state index contributed by atoms with van der Waals surface area (Å²) in [6.07, 6.45) is 6.66. The van der Waals surface area contributed by atoms with E-state index >= 15 is 0 Å². The number of fused-ring (bicyclic) bond motifs is 1. The molecular weight excluding hydrogens is 658 g/mol. The fourth-order valence-corrected chi connectivity index (χ4v) is 6.45. The minimum Gasteiger partial charge on any atom is -0.475 e. The number of hydrazine groups is 1. The molecule has 2 aromatic carbocycles. The molecule has 6 rings (SSSR count). The number of hydrogen-bond acceptors (Lipinski definition) is 9. The van der Waals surface area contributed by atoms with Crippen LogP contribution in [0.5, 0.6) is 5.88 Å². The first-order chi connectivity index (χ1) is 25.1. The van der Waals surface area contributed by atoms with E-state index < -0.39 is 5.60 Å². The van der Waals surface area contributed by atoms with Crippen LogP contribution in [-0.4, -0.2) is 106 Å². The van der Waals surface area contributed by atoms with Crippen molar-refractivity contribution in [1.82, 2.24) is 30.0 Å². The Hall–Kier alpha value is -5.37. The monoisotopic (exact) mass is 705 g/mol. The Balaban J connectivity index is 1.04. The summed E-state index contributed by atoms with van der Waals surface area (Å²) in [6.45, 7) is 12.8. The number of pyridine rings is 1. The lowest BCUT2D eigenvalue weighted by atomic mass is 9.98. The van der Waals surface area contributed by atoms with E-state index in [0.29, 0.717) is 56.4 Å². The van der Waals surface area contributed by atoms with Crippen molar-refractivity contribution in [2.24, 2.45) is 10.8 Å². The number of H-pyrrole nitrogens is 1. The van der Waals surface area contributed by atoms with Crippen LogP contribution in [0.4, 0.5) is 5.69 Å². The van der Waals surface area contributed by atoms with Crippen molar-refractivity contribution in [3.8, 4) is 17.1 Å². The highest BCUT2D eigenvalue weighted by Gasteiger charge is 2.45. The van der Waals surface area contributed by atoms with E-state index in [2.05, 4.69) is 50.3 Å². The molecule has 52 heavy (non-hydrogen) atoms. The van der Waals surface area contributed by atoms with Crippen molar-refractivity contribution in [1.29, 1.82) is 0 Å². The predicted octanol–water partition coefficient (Wildman–Crippen LogP) is 4.95. The average molecular weight is 706 g/mol. The summed E-state index contributed by atoms with van der Waals surface area (Å²) < 4.78 is 11.5. The second-order valence-electron chi connectivity index (χ2n) is 13.4. The normalized spacial score (nSPS) is 17.9. The van der Waals surface area contributed by atoms with Crippen LogP contribution in [0.1, 0.15) is 44.7 Å². The molecule has 0 spiro atoms. The first-order valence-electron chi connectivity index (χ1n) is 17.6. The minimum atomic E-state index is -1.08. The molecule has 13 nitrogen and oxygen atoms in total. The maximum absolute atomic E-state index is 13.7. The van der Waals surface area contributed by atoms with Crippen LogP contribution in [0.15, 0.2) is 78.4 Å². The molecule has 0 radical (unpaired) electrons. The SMILES string of the molecule is C=C(N=CN(N)CC)c1ccc(C2=CCN(C(=O)CN3CC[C@@](OC)(C(=O)Nc4ccc5[nH]nc(-c6ccc(OC(C)C)nc6)c5c4)C3)CC2)cc1. The van der Waals surface area contributed by atoms with Crippen LogP contribution < -0.4 is 15.9 Å². The van der Waals surface area contributed by atoms with Gasteiger partial charge in [-0.2, -0.15) is 5.10 Å². The number of likely N-dealkylation sites (tertiary alicyclic amines) is 1. The van der Waals surface area contributed by atoms with Gasteiger partial charge in [-0.15, -0.1) is 0 Å². The molecule has 0 bridgehead atoms. The molecule has 2 aliphatic heterocycles. The summed E-state index contributed by atoms with van der Waals surface area (Å²) in [5.41, 5.74) is 5.79. The molecule has 0 saturated carbocycles. The summed E-state index contributed by atoms with van der Waals surface area (Å²) in [4.78, 5) is 39.7. The van der Waals surface area contributed by atoms with Gasteiger partial charge in [0.25, 0.3) is 5.91 Å². The number of anilines is 1. The van der Waals surface area contributed by atoms with Crippen molar-refractivity contribution in [2.75, 3.05) is 51.7 Å². The number of rotatable bonds is 13. The zero-order valence-electron chi connectivity index (χ0n) is 30.3. The number of aliphatic imine (C=N–C) groups is 1. The number of carbonyl (C=O) groups excluding carboxylic acids is 2. The van der Waals surface area contributed by atoms with Crippen molar-refractivity contribution in [3.05, 3.63) is 84.6 Å². The number of amides is 2. The zero-order valence-corrected chi connectivity index (χ0v) is 30.3. The van der Waals surface area contributed by atoms with Crippen molar-refractivity contribution in [2.45, 2.75) is 45.3 Å². The molecule has 1 fully saturated rings. The van der Waals surface area contributed by atoms with E-state index in [-0.39, 0.29) is 24.5 Å². The Labute approximate surface area is 304 Å². The number of aromatic nitrogens is 3. The Morgan fingerprint density at radius 2 is 1.94 bits per heavy atom. The number of benzene rings is 2. The standard InChI is InChI=1S/C39H47N9O4/c1-6-48(40)25-42-27(4)28-7-9-29(10-8-28)30-15-18-47(19-16-30)36(49)23-46-20-17-39(24-46,51-5)38(50)43-32-12-13-34-33(21-32)37(45-44-34)31-11-14-35(41-22-31)52-26(2)3/h7-15,21-22,25-26H,4,6,16-20,23-24,40H2,1-3,5H3,(H,43,50)(H,44,45)/t39-/m0/s1. The smallest absolute Gasteiger partial charge is 0.258 e. The molecule has 4 heterocycles.